The van der Waals surface area contributed by atoms with Crippen LogP contribution in [0.3, 0.4) is 0 Å². The van der Waals surface area contributed by atoms with Gasteiger partial charge in [0.1, 0.15) is 0 Å². The molecule has 6 heterocycles. The summed E-state index contributed by atoms with van der Waals surface area (Å²) in [5.41, 5.74) is 0. The van der Waals surface area contributed by atoms with E-state index in [9.17, 15) is 0 Å². The lowest BCUT2D eigenvalue weighted by Crippen LogP contribution is -2.67. The van der Waals surface area contributed by atoms with Crippen molar-refractivity contribution in [1.82, 2.24) is 9.80 Å². The Hall–Kier alpha value is -0.420. The van der Waals surface area contributed by atoms with Crippen molar-refractivity contribution in [3.05, 3.63) is 12.2 Å². The highest BCUT2D eigenvalue weighted by atomic mass is 15.5. The van der Waals surface area contributed by atoms with E-state index in [0.29, 0.717) is 0 Å². The summed E-state index contributed by atoms with van der Waals surface area (Å²) in [6.45, 7) is 18.9. The van der Waals surface area contributed by atoms with Crippen LogP contribution in [0.15, 0.2) is 12.2 Å². The van der Waals surface area contributed by atoms with Crippen molar-refractivity contribution in [2.24, 2.45) is 0 Å². The van der Waals surface area contributed by atoms with Gasteiger partial charge in [-0.25, -0.2) is 0 Å². The topological polar surface area (TPSA) is 6.48 Å². The first-order valence-electron chi connectivity index (χ1n) is 8.58. The second-order valence-corrected chi connectivity index (χ2v) is 7.54. The lowest BCUT2D eigenvalue weighted by molar-refractivity contribution is -0.937. The molecule has 0 unspecified atom stereocenters. The van der Waals surface area contributed by atoms with Crippen LogP contribution in [0.25, 0.3) is 0 Å². The van der Waals surface area contributed by atoms with E-state index in [2.05, 4.69) is 22.0 Å². The molecule has 112 valence electrons. The van der Waals surface area contributed by atoms with Gasteiger partial charge in [0.05, 0.1) is 52.4 Å². The second-order valence-electron chi connectivity index (χ2n) is 7.54. The SMILES string of the molecule is C(=C\C[N+]12CCN(CC1)CC2)/C[N+]12CCN(CC1)CC2. The lowest BCUT2D eigenvalue weighted by atomic mass is 10.1. The van der Waals surface area contributed by atoms with Gasteiger partial charge < -0.3 is 8.97 Å². The van der Waals surface area contributed by atoms with E-state index in [4.69, 9.17) is 0 Å². The number of rotatable bonds is 4. The zero-order chi connectivity index (χ0) is 13.5. The summed E-state index contributed by atoms with van der Waals surface area (Å²) < 4.78 is 2.75. The maximum absolute atomic E-state index is 2.63. The molecule has 0 atom stereocenters. The molecule has 0 aliphatic carbocycles. The molecular formula is C16H30N4+2. The molecular weight excluding hydrogens is 248 g/mol. The fraction of sp³-hybridized carbons (Fsp3) is 0.875. The molecule has 0 aromatic carbocycles. The van der Waals surface area contributed by atoms with Gasteiger partial charge in [-0.05, 0) is 12.2 Å². The lowest BCUT2D eigenvalue weighted by Gasteiger charge is -2.50. The molecule has 0 saturated carbocycles. The summed E-state index contributed by atoms with van der Waals surface area (Å²) >= 11 is 0. The molecule has 0 amide bonds. The quantitative estimate of drug-likeness (QED) is 0.521. The number of hydrogen-bond donors (Lipinski definition) is 0. The molecule has 0 spiro atoms. The molecule has 6 rings (SSSR count). The molecule has 6 aliphatic heterocycles. The van der Waals surface area contributed by atoms with E-state index >= 15 is 0 Å². The van der Waals surface area contributed by atoms with Crippen molar-refractivity contribution >= 4 is 0 Å². The number of nitrogens with zero attached hydrogens (tertiary/aromatic N) is 4. The van der Waals surface area contributed by atoms with Crippen molar-refractivity contribution in [2.75, 3.05) is 91.6 Å². The minimum Gasteiger partial charge on any atom is -0.317 e. The van der Waals surface area contributed by atoms with Crippen LogP contribution < -0.4 is 0 Å². The zero-order valence-electron chi connectivity index (χ0n) is 12.8. The van der Waals surface area contributed by atoms with Crippen molar-refractivity contribution < 1.29 is 8.97 Å². The normalized spacial score (nSPS) is 47.2. The Balaban J connectivity index is 1.31. The predicted molar refractivity (Wildman–Crippen MR) is 81.5 cm³/mol. The van der Waals surface area contributed by atoms with Crippen molar-refractivity contribution in [2.45, 2.75) is 0 Å². The Morgan fingerprint density at radius 1 is 0.550 bits per heavy atom. The highest BCUT2D eigenvalue weighted by Gasteiger charge is 2.38. The van der Waals surface area contributed by atoms with Gasteiger partial charge in [-0.3, -0.25) is 9.80 Å². The van der Waals surface area contributed by atoms with Crippen LogP contribution in [0.5, 0.6) is 0 Å². The van der Waals surface area contributed by atoms with E-state index in [1.54, 1.807) is 0 Å². The zero-order valence-corrected chi connectivity index (χ0v) is 12.8. The molecule has 20 heavy (non-hydrogen) atoms. The number of hydrogen-bond acceptors (Lipinski definition) is 2. The fourth-order valence-corrected chi connectivity index (χ4v) is 4.61. The average molecular weight is 278 g/mol. The van der Waals surface area contributed by atoms with Crippen LogP contribution in [0.1, 0.15) is 0 Å². The smallest absolute Gasteiger partial charge is 0.0976 e. The Bertz CT molecular complexity index is 312. The largest absolute Gasteiger partial charge is 0.317 e. The van der Waals surface area contributed by atoms with Gasteiger partial charge in [-0.2, -0.15) is 0 Å². The van der Waals surface area contributed by atoms with Gasteiger partial charge in [0.25, 0.3) is 0 Å². The maximum Gasteiger partial charge on any atom is 0.0976 e. The van der Waals surface area contributed by atoms with E-state index in [0.717, 1.165) is 0 Å². The Morgan fingerprint density at radius 2 is 0.850 bits per heavy atom. The van der Waals surface area contributed by atoms with Crippen LogP contribution in [-0.2, 0) is 0 Å². The van der Waals surface area contributed by atoms with Crippen molar-refractivity contribution in [3.63, 3.8) is 0 Å². The van der Waals surface area contributed by atoms with Crippen LogP contribution in [-0.4, -0.2) is 110 Å². The molecule has 0 N–H and O–H groups in total. The van der Waals surface area contributed by atoms with E-state index < -0.39 is 0 Å². The molecule has 4 bridgehead atoms. The Kier molecular flexibility index (Phi) is 3.38. The minimum absolute atomic E-state index is 1.29. The maximum atomic E-state index is 2.63. The standard InChI is InChI=1S/C16H30N4/c1(9-19-11-3-17(4-12-19)5-13-19)2-10-20-14-6-18(7-15-20)8-16-20/h1-2H,3-16H2/q+2/b2-1+. The predicted octanol–water partition coefficient (Wildman–Crippen LogP) is -0.165. The highest BCUT2D eigenvalue weighted by molar-refractivity contribution is 4.86. The first-order chi connectivity index (χ1) is 9.78. The third kappa shape index (κ3) is 2.43. The average Bonchev–Trinajstić information content (AvgIpc) is 2.55. The monoisotopic (exact) mass is 278 g/mol. The minimum atomic E-state index is 1.29. The molecule has 0 aromatic rings. The van der Waals surface area contributed by atoms with E-state index in [-0.39, 0.29) is 0 Å². The van der Waals surface area contributed by atoms with Crippen LogP contribution in [0.2, 0.25) is 0 Å². The first-order valence-corrected chi connectivity index (χ1v) is 8.58. The molecule has 4 nitrogen and oxygen atoms in total. The fourth-order valence-electron chi connectivity index (χ4n) is 4.61. The van der Waals surface area contributed by atoms with Gasteiger partial charge in [-0.1, -0.05) is 0 Å². The van der Waals surface area contributed by atoms with Gasteiger partial charge in [0.2, 0.25) is 0 Å². The van der Waals surface area contributed by atoms with Crippen LogP contribution >= 0.6 is 0 Å². The first kappa shape index (κ1) is 13.3. The van der Waals surface area contributed by atoms with Crippen molar-refractivity contribution in [1.29, 1.82) is 0 Å². The number of piperazine rings is 6. The van der Waals surface area contributed by atoms with E-state index in [1.165, 1.54) is 101 Å². The third-order valence-corrected chi connectivity index (χ3v) is 6.50. The van der Waals surface area contributed by atoms with Crippen LogP contribution in [0, 0.1) is 0 Å². The highest BCUT2D eigenvalue weighted by Crippen LogP contribution is 2.21. The number of quaternary nitrogens is 2. The summed E-state index contributed by atoms with van der Waals surface area (Å²) in [6.07, 6.45) is 5.05. The molecule has 6 fully saturated rings. The van der Waals surface area contributed by atoms with Gasteiger partial charge >= 0.3 is 0 Å². The summed E-state index contributed by atoms with van der Waals surface area (Å²) in [5, 5.41) is 0. The van der Waals surface area contributed by atoms with Gasteiger partial charge in [0.15, 0.2) is 0 Å². The summed E-state index contributed by atoms with van der Waals surface area (Å²) in [6, 6.07) is 0. The van der Waals surface area contributed by atoms with Crippen molar-refractivity contribution in [3.8, 4) is 0 Å². The summed E-state index contributed by atoms with van der Waals surface area (Å²) in [7, 11) is 0. The molecule has 0 aromatic heterocycles. The number of fused-ring (bicyclic) bond motifs is 6. The Morgan fingerprint density at radius 3 is 1.15 bits per heavy atom. The van der Waals surface area contributed by atoms with Gasteiger partial charge in [0, 0.05) is 39.3 Å². The summed E-state index contributed by atoms with van der Waals surface area (Å²) in [4.78, 5) is 5.27. The summed E-state index contributed by atoms with van der Waals surface area (Å²) in [5.74, 6) is 0. The molecule has 0 radical (unpaired) electrons. The second kappa shape index (κ2) is 5.09. The molecule has 6 saturated heterocycles. The van der Waals surface area contributed by atoms with E-state index in [1.807, 2.05) is 0 Å². The molecule has 4 heteroatoms. The van der Waals surface area contributed by atoms with Gasteiger partial charge in [-0.15, -0.1) is 0 Å². The Labute approximate surface area is 123 Å². The molecule has 6 aliphatic rings. The van der Waals surface area contributed by atoms with Crippen LogP contribution in [0.4, 0.5) is 0 Å². The third-order valence-electron chi connectivity index (χ3n) is 6.50.